The minimum Gasteiger partial charge on any atom is -0.326 e. The van der Waals surface area contributed by atoms with Crippen LogP contribution in [0.15, 0.2) is 53.4 Å². The van der Waals surface area contributed by atoms with Gasteiger partial charge in [-0.25, -0.2) is 0 Å². The fourth-order valence-electron chi connectivity index (χ4n) is 2.78. The van der Waals surface area contributed by atoms with Gasteiger partial charge in [0.15, 0.2) is 0 Å². The van der Waals surface area contributed by atoms with Crippen LogP contribution in [-0.2, 0) is 15.8 Å². The van der Waals surface area contributed by atoms with E-state index in [1.165, 1.54) is 41.3 Å². The summed E-state index contributed by atoms with van der Waals surface area (Å²) >= 11 is 6.17. The van der Waals surface area contributed by atoms with Crippen molar-refractivity contribution in [2.24, 2.45) is 0 Å². The van der Waals surface area contributed by atoms with Crippen molar-refractivity contribution in [2.45, 2.75) is 12.6 Å². The van der Waals surface area contributed by atoms with E-state index in [9.17, 15) is 32.9 Å². The zero-order valence-corrected chi connectivity index (χ0v) is 17.7. The highest BCUT2D eigenvalue weighted by atomic mass is 32.2. The summed E-state index contributed by atoms with van der Waals surface area (Å²) in [5.41, 5.74) is -0.582. The number of nitro groups is 1. The number of benzene rings is 2. The lowest BCUT2D eigenvalue weighted by atomic mass is 10.2. The molecule has 0 radical (unpaired) electrons. The van der Waals surface area contributed by atoms with Crippen LogP contribution in [0.1, 0.15) is 17.5 Å². The van der Waals surface area contributed by atoms with Crippen molar-refractivity contribution < 1.29 is 27.7 Å². The SMILES string of the molecule is O=C(CCN1C(=O)/C(=C/c2cccc([N+](=O)[O-])c2)SC1=S)Nc1cccc(C(F)(F)F)c1. The van der Waals surface area contributed by atoms with Crippen molar-refractivity contribution in [3.8, 4) is 0 Å². The van der Waals surface area contributed by atoms with Gasteiger partial charge in [0.25, 0.3) is 11.6 Å². The first-order valence-corrected chi connectivity index (χ1v) is 10.2. The number of carbonyl (C=O) groups is 2. The topological polar surface area (TPSA) is 92.5 Å². The molecule has 2 amide bonds. The average molecular weight is 481 g/mol. The first-order chi connectivity index (χ1) is 15.0. The third-order valence-corrected chi connectivity index (χ3v) is 5.67. The normalized spacial score (nSPS) is 15.3. The van der Waals surface area contributed by atoms with Gasteiger partial charge in [-0.3, -0.25) is 24.6 Å². The third-order valence-electron chi connectivity index (χ3n) is 4.29. The maximum Gasteiger partial charge on any atom is 0.416 e. The molecule has 2 aromatic carbocycles. The molecule has 0 aromatic heterocycles. The Morgan fingerprint density at radius 3 is 2.62 bits per heavy atom. The Kier molecular flexibility index (Phi) is 6.94. The van der Waals surface area contributed by atoms with Gasteiger partial charge in [-0.1, -0.05) is 42.2 Å². The molecule has 0 aliphatic carbocycles. The number of nitrogens with one attached hydrogen (secondary N) is 1. The minimum atomic E-state index is -4.53. The number of alkyl halides is 3. The van der Waals surface area contributed by atoms with Crippen LogP contribution in [0.3, 0.4) is 0 Å². The molecule has 12 heteroatoms. The van der Waals surface area contributed by atoms with Crippen molar-refractivity contribution in [3.63, 3.8) is 0 Å². The summed E-state index contributed by atoms with van der Waals surface area (Å²) in [5, 5.41) is 13.3. The van der Waals surface area contributed by atoms with Gasteiger partial charge in [0.1, 0.15) is 4.32 Å². The number of halogens is 3. The van der Waals surface area contributed by atoms with E-state index in [1.54, 1.807) is 6.07 Å². The molecule has 1 fully saturated rings. The molecule has 32 heavy (non-hydrogen) atoms. The van der Waals surface area contributed by atoms with Crippen LogP contribution in [0.5, 0.6) is 0 Å². The van der Waals surface area contributed by atoms with Crippen LogP contribution in [0.4, 0.5) is 24.5 Å². The van der Waals surface area contributed by atoms with Crippen molar-refractivity contribution in [2.75, 3.05) is 11.9 Å². The first-order valence-electron chi connectivity index (χ1n) is 9.01. The molecule has 0 spiro atoms. The van der Waals surface area contributed by atoms with Crippen molar-refractivity contribution in [1.29, 1.82) is 0 Å². The predicted molar refractivity (Wildman–Crippen MR) is 118 cm³/mol. The smallest absolute Gasteiger partial charge is 0.326 e. The molecular formula is C20H14F3N3O4S2. The van der Waals surface area contributed by atoms with Crippen LogP contribution >= 0.6 is 24.0 Å². The summed E-state index contributed by atoms with van der Waals surface area (Å²) in [7, 11) is 0. The van der Waals surface area contributed by atoms with E-state index in [4.69, 9.17) is 12.2 Å². The van der Waals surface area contributed by atoms with Gasteiger partial charge in [-0.05, 0) is 29.8 Å². The molecule has 1 heterocycles. The zero-order valence-electron chi connectivity index (χ0n) is 16.1. The molecule has 0 bridgehead atoms. The second kappa shape index (κ2) is 9.49. The van der Waals surface area contributed by atoms with Crippen LogP contribution in [0.2, 0.25) is 0 Å². The van der Waals surface area contributed by atoms with E-state index in [0.717, 1.165) is 23.9 Å². The number of thioether (sulfide) groups is 1. The largest absolute Gasteiger partial charge is 0.416 e. The Bertz CT molecular complexity index is 1140. The number of hydrogen-bond donors (Lipinski definition) is 1. The second-order valence-electron chi connectivity index (χ2n) is 6.56. The Labute approximate surface area is 189 Å². The molecule has 166 valence electrons. The summed E-state index contributed by atoms with van der Waals surface area (Å²) < 4.78 is 38.6. The van der Waals surface area contributed by atoms with Crippen LogP contribution in [-0.4, -0.2) is 32.5 Å². The van der Waals surface area contributed by atoms with Crippen LogP contribution < -0.4 is 5.32 Å². The van der Waals surface area contributed by atoms with Crippen molar-refractivity contribution in [1.82, 2.24) is 4.90 Å². The molecule has 1 aliphatic heterocycles. The van der Waals surface area contributed by atoms with Crippen molar-refractivity contribution in [3.05, 3.63) is 74.7 Å². The van der Waals surface area contributed by atoms with E-state index < -0.39 is 28.5 Å². The average Bonchev–Trinajstić information content (AvgIpc) is 2.98. The van der Waals surface area contributed by atoms with Crippen LogP contribution in [0, 0.1) is 10.1 Å². The fraction of sp³-hybridized carbons (Fsp3) is 0.150. The monoisotopic (exact) mass is 481 g/mol. The lowest BCUT2D eigenvalue weighted by Crippen LogP contribution is -2.31. The van der Waals surface area contributed by atoms with Crippen molar-refractivity contribution >= 4 is 57.6 Å². The lowest BCUT2D eigenvalue weighted by Gasteiger charge is -2.14. The zero-order chi connectivity index (χ0) is 23.5. The van der Waals surface area contributed by atoms with Gasteiger partial charge < -0.3 is 5.32 Å². The highest BCUT2D eigenvalue weighted by molar-refractivity contribution is 8.26. The molecule has 1 saturated heterocycles. The Balaban J connectivity index is 1.63. The number of thiocarbonyl (C=S) groups is 1. The van der Waals surface area contributed by atoms with Crippen LogP contribution in [0.25, 0.3) is 6.08 Å². The summed E-state index contributed by atoms with van der Waals surface area (Å²) in [4.78, 5) is 36.6. The van der Waals surface area contributed by atoms with E-state index in [2.05, 4.69) is 5.32 Å². The lowest BCUT2D eigenvalue weighted by molar-refractivity contribution is -0.384. The molecule has 0 atom stereocenters. The number of nitro benzene ring substituents is 1. The molecular weight excluding hydrogens is 467 g/mol. The summed E-state index contributed by atoms with van der Waals surface area (Å²) in [6, 6.07) is 9.95. The van der Waals surface area contributed by atoms with E-state index >= 15 is 0 Å². The maximum atomic E-state index is 12.8. The molecule has 7 nitrogen and oxygen atoms in total. The number of non-ortho nitro benzene ring substituents is 1. The minimum absolute atomic E-state index is 0.0132. The number of amides is 2. The third kappa shape index (κ3) is 5.71. The van der Waals surface area contributed by atoms with Gasteiger partial charge in [0, 0.05) is 30.8 Å². The molecule has 2 aromatic rings. The van der Waals surface area contributed by atoms with Gasteiger partial charge >= 0.3 is 6.18 Å². The summed E-state index contributed by atoms with van der Waals surface area (Å²) in [5.74, 6) is -1.04. The molecule has 3 rings (SSSR count). The molecule has 1 N–H and O–H groups in total. The summed E-state index contributed by atoms with van der Waals surface area (Å²) in [6.07, 6.45) is -3.25. The van der Waals surface area contributed by atoms with Gasteiger partial charge in [-0.15, -0.1) is 0 Å². The van der Waals surface area contributed by atoms with E-state index in [1.807, 2.05) is 0 Å². The van der Waals surface area contributed by atoms with E-state index in [-0.39, 0.29) is 33.6 Å². The summed E-state index contributed by atoms with van der Waals surface area (Å²) in [6.45, 7) is -0.0677. The first kappa shape index (κ1) is 23.4. The standard InChI is InChI=1S/C20H14F3N3O4S2/c21-20(22,23)13-4-2-5-14(11-13)24-17(27)7-8-25-18(28)16(32-19(25)31)10-12-3-1-6-15(9-12)26(29)30/h1-6,9-11H,7-8H2,(H,24,27)/b16-10-. The number of rotatable bonds is 6. The Hall–Kier alpha value is -3.25. The number of hydrogen-bond acceptors (Lipinski definition) is 6. The molecule has 1 aliphatic rings. The highest BCUT2D eigenvalue weighted by Gasteiger charge is 2.32. The number of carbonyl (C=O) groups excluding carboxylic acids is 2. The predicted octanol–water partition coefficient (Wildman–Crippen LogP) is 4.84. The quantitative estimate of drug-likeness (QED) is 0.275. The Morgan fingerprint density at radius 1 is 1.22 bits per heavy atom. The van der Waals surface area contributed by atoms with Gasteiger partial charge in [0.05, 0.1) is 15.4 Å². The van der Waals surface area contributed by atoms with Gasteiger partial charge in [-0.2, -0.15) is 13.2 Å². The second-order valence-corrected chi connectivity index (χ2v) is 8.24. The number of anilines is 1. The maximum absolute atomic E-state index is 12.8. The number of nitrogens with zero attached hydrogens (tertiary/aromatic N) is 2. The Morgan fingerprint density at radius 2 is 1.94 bits per heavy atom. The van der Waals surface area contributed by atoms with Gasteiger partial charge in [0.2, 0.25) is 5.91 Å². The van der Waals surface area contributed by atoms with E-state index in [0.29, 0.717) is 5.56 Å². The highest BCUT2D eigenvalue weighted by Crippen LogP contribution is 2.33. The fourth-order valence-corrected chi connectivity index (χ4v) is 4.09. The molecule has 0 saturated carbocycles. The molecule has 0 unspecified atom stereocenters.